The Morgan fingerprint density at radius 3 is 1.07 bits per heavy atom. The summed E-state index contributed by atoms with van der Waals surface area (Å²) in [6.07, 6.45) is 44.5. The summed E-state index contributed by atoms with van der Waals surface area (Å²) in [5.74, 6) is -0.664. The Balaban J connectivity index is 0. The lowest BCUT2D eigenvalue weighted by Gasteiger charge is -2.08. The second-order valence-corrected chi connectivity index (χ2v) is 12.8. The molecule has 0 aliphatic rings. The highest BCUT2D eigenvalue weighted by molar-refractivity contribution is 5.66. The number of carbonyl (C=O) groups is 1. The van der Waals surface area contributed by atoms with E-state index in [0.29, 0.717) is 6.42 Å². The number of unbranched alkanes of at least 4 members (excludes halogenated alkanes) is 26. The summed E-state index contributed by atoms with van der Waals surface area (Å²) in [4.78, 5) is 12.6. The fraction of sp³-hybridized carbons (Fsp3) is 0.921. The minimum Gasteiger partial charge on any atom is -0.481 e. The van der Waals surface area contributed by atoms with Gasteiger partial charge in [-0.3, -0.25) is 4.79 Å². The minimum absolute atomic E-state index is 0.332. The molecule has 0 saturated carbocycles. The summed E-state index contributed by atoms with van der Waals surface area (Å²) in [6.45, 7) is 5.82. The summed E-state index contributed by atoms with van der Waals surface area (Å²) in [5, 5.41) is 8.51. The fourth-order valence-electron chi connectivity index (χ4n) is 5.32. The van der Waals surface area contributed by atoms with Gasteiger partial charge >= 0.3 is 5.97 Å². The first-order chi connectivity index (χ1) is 20.0. The summed E-state index contributed by atoms with van der Waals surface area (Å²) in [6, 6.07) is 0. The lowest BCUT2D eigenvalue weighted by Crippen LogP contribution is -2.12. The number of rotatable bonds is 32. The van der Waals surface area contributed by atoms with E-state index in [2.05, 4.69) is 45.0 Å². The van der Waals surface area contributed by atoms with E-state index in [1.165, 1.54) is 180 Å². The van der Waals surface area contributed by atoms with Crippen LogP contribution in [0.4, 0.5) is 0 Å². The first-order valence-electron chi connectivity index (χ1n) is 18.6. The Morgan fingerprint density at radius 2 is 0.756 bits per heavy atom. The molecule has 0 amide bonds. The molecule has 0 fully saturated rings. The van der Waals surface area contributed by atoms with Crippen LogP contribution >= 0.6 is 0 Å². The summed E-state index contributed by atoms with van der Waals surface area (Å²) in [5.41, 5.74) is 0. The molecule has 0 aromatic heterocycles. The summed E-state index contributed by atoms with van der Waals surface area (Å²) >= 11 is 0. The number of carboxylic acids is 1. The van der Waals surface area contributed by atoms with E-state index < -0.39 is 5.97 Å². The maximum Gasteiger partial charge on any atom is 0.303 e. The molecule has 0 spiro atoms. The lowest BCUT2D eigenvalue weighted by molar-refractivity contribution is -0.137. The van der Waals surface area contributed by atoms with Gasteiger partial charge in [0.15, 0.2) is 0 Å². The van der Waals surface area contributed by atoms with E-state index in [0.717, 1.165) is 12.8 Å². The van der Waals surface area contributed by atoms with Gasteiger partial charge in [0.05, 0.1) is 0 Å². The van der Waals surface area contributed by atoms with E-state index in [4.69, 9.17) is 5.11 Å². The Kier molecular flexibility index (Phi) is 40.4. The number of nitrogens with zero attached hydrogens (tertiary/aromatic N) is 1. The van der Waals surface area contributed by atoms with Gasteiger partial charge in [0.1, 0.15) is 0 Å². The molecule has 0 atom stereocenters. The molecule has 0 aliphatic carbocycles. The van der Waals surface area contributed by atoms with E-state index in [1.807, 2.05) is 0 Å². The third-order valence-electron chi connectivity index (χ3n) is 8.11. The monoisotopic (exact) mass is 580 g/mol. The van der Waals surface area contributed by atoms with Crippen LogP contribution in [0.15, 0.2) is 12.2 Å². The van der Waals surface area contributed by atoms with Gasteiger partial charge in [0.2, 0.25) is 0 Å². The summed E-state index contributed by atoms with van der Waals surface area (Å²) in [7, 11) is 4.34. The van der Waals surface area contributed by atoms with Crippen LogP contribution in [-0.2, 0) is 4.79 Å². The molecule has 246 valence electrons. The number of allylic oxidation sites excluding steroid dienone is 2. The number of aliphatic carboxylic acids is 1. The van der Waals surface area contributed by atoms with Gasteiger partial charge < -0.3 is 10.0 Å². The second kappa shape index (κ2) is 39.2. The van der Waals surface area contributed by atoms with Crippen molar-refractivity contribution in [2.24, 2.45) is 0 Å². The van der Waals surface area contributed by atoms with Crippen LogP contribution in [0, 0.1) is 0 Å². The minimum atomic E-state index is -0.664. The van der Waals surface area contributed by atoms with Crippen molar-refractivity contribution in [3.8, 4) is 0 Å². The van der Waals surface area contributed by atoms with Crippen molar-refractivity contribution in [3.05, 3.63) is 12.2 Å². The molecule has 3 nitrogen and oxygen atoms in total. The molecule has 0 rings (SSSR count). The van der Waals surface area contributed by atoms with Crippen molar-refractivity contribution in [1.29, 1.82) is 0 Å². The quantitative estimate of drug-likeness (QED) is 0.0636. The highest BCUT2D eigenvalue weighted by Gasteiger charge is 1.97. The van der Waals surface area contributed by atoms with Crippen molar-refractivity contribution in [2.45, 2.75) is 206 Å². The van der Waals surface area contributed by atoms with Crippen LogP contribution in [-0.4, -0.2) is 36.6 Å². The van der Waals surface area contributed by atoms with Gasteiger partial charge in [-0.2, -0.15) is 0 Å². The predicted octanol–water partition coefficient (Wildman–Crippen LogP) is 12.9. The van der Waals surface area contributed by atoms with E-state index in [-0.39, 0.29) is 0 Å². The van der Waals surface area contributed by atoms with Crippen LogP contribution in [0.2, 0.25) is 0 Å². The average molecular weight is 580 g/mol. The van der Waals surface area contributed by atoms with Crippen LogP contribution in [0.25, 0.3) is 0 Å². The van der Waals surface area contributed by atoms with Crippen LogP contribution in [0.5, 0.6) is 0 Å². The highest BCUT2D eigenvalue weighted by Crippen LogP contribution is 2.14. The van der Waals surface area contributed by atoms with Crippen LogP contribution in [0.1, 0.15) is 206 Å². The van der Waals surface area contributed by atoms with Gasteiger partial charge in [-0.1, -0.05) is 174 Å². The first kappa shape index (κ1) is 42.3. The average Bonchev–Trinajstić information content (AvgIpc) is 2.95. The topological polar surface area (TPSA) is 40.5 Å². The molecular weight excluding hydrogens is 502 g/mol. The maximum atomic E-state index is 10.3. The van der Waals surface area contributed by atoms with E-state index in [1.54, 1.807) is 0 Å². The third-order valence-corrected chi connectivity index (χ3v) is 8.11. The molecule has 0 heterocycles. The Labute approximate surface area is 259 Å². The SMILES string of the molecule is CCCCCCCC/C=C/CCCCCCCC(=O)O.CCCCCCCCCCCCCCCCCCN(C)C. The van der Waals surface area contributed by atoms with Crippen LogP contribution < -0.4 is 0 Å². The van der Waals surface area contributed by atoms with Gasteiger partial charge in [-0.05, 0) is 59.2 Å². The molecule has 1 N–H and O–H groups in total. The Hall–Kier alpha value is -0.830. The zero-order valence-electron chi connectivity index (χ0n) is 28.9. The van der Waals surface area contributed by atoms with Crippen molar-refractivity contribution < 1.29 is 9.90 Å². The van der Waals surface area contributed by atoms with Gasteiger partial charge in [-0.15, -0.1) is 0 Å². The Morgan fingerprint density at radius 1 is 0.463 bits per heavy atom. The van der Waals surface area contributed by atoms with Crippen LogP contribution in [0.3, 0.4) is 0 Å². The van der Waals surface area contributed by atoms with Crippen molar-refractivity contribution in [1.82, 2.24) is 4.90 Å². The highest BCUT2D eigenvalue weighted by atomic mass is 16.4. The first-order valence-corrected chi connectivity index (χ1v) is 18.6. The van der Waals surface area contributed by atoms with Crippen molar-refractivity contribution in [2.75, 3.05) is 20.6 Å². The fourth-order valence-corrected chi connectivity index (χ4v) is 5.32. The third kappa shape index (κ3) is 46.3. The number of carboxylic acid groups (broad SMARTS) is 1. The standard InChI is InChI=1S/C20H43N.C18H34O2/c1-4-5-6-7-8-9-10-11-12-13-14-15-16-17-18-19-20-21(2)3;1-2-3-4-5-6-7-8-9-10-11-12-13-14-15-16-17-18(19)20/h4-20H2,1-3H3;9-10H,2-8,11-17H2,1H3,(H,19,20)/b;10-9+. The molecule has 0 radical (unpaired) electrons. The maximum absolute atomic E-state index is 10.3. The number of hydrogen-bond donors (Lipinski definition) is 1. The molecule has 0 aromatic rings. The van der Waals surface area contributed by atoms with Gasteiger partial charge in [0, 0.05) is 6.42 Å². The Bertz CT molecular complexity index is 503. The summed E-state index contributed by atoms with van der Waals surface area (Å²) < 4.78 is 0. The van der Waals surface area contributed by atoms with Gasteiger partial charge in [0.25, 0.3) is 0 Å². The van der Waals surface area contributed by atoms with E-state index >= 15 is 0 Å². The van der Waals surface area contributed by atoms with Gasteiger partial charge in [-0.25, -0.2) is 0 Å². The molecule has 0 unspecified atom stereocenters. The lowest BCUT2D eigenvalue weighted by atomic mass is 10.0. The van der Waals surface area contributed by atoms with Crippen molar-refractivity contribution >= 4 is 5.97 Å². The molecular formula is C38H77NO2. The smallest absolute Gasteiger partial charge is 0.303 e. The molecule has 0 saturated heterocycles. The normalized spacial score (nSPS) is 11.3. The zero-order valence-corrected chi connectivity index (χ0v) is 28.9. The second-order valence-electron chi connectivity index (χ2n) is 12.8. The van der Waals surface area contributed by atoms with Crippen molar-refractivity contribution in [3.63, 3.8) is 0 Å². The largest absolute Gasteiger partial charge is 0.481 e. The zero-order chi connectivity index (χ0) is 30.5. The molecule has 41 heavy (non-hydrogen) atoms. The molecule has 0 aliphatic heterocycles. The molecule has 0 aromatic carbocycles. The number of hydrogen-bond acceptors (Lipinski definition) is 2. The predicted molar refractivity (Wildman–Crippen MR) is 185 cm³/mol. The molecule has 0 bridgehead atoms. The van der Waals surface area contributed by atoms with E-state index in [9.17, 15) is 4.79 Å². The molecule has 3 heteroatoms.